The van der Waals surface area contributed by atoms with Crippen LogP contribution in [0.5, 0.6) is 11.5 Å². The highest BCUT2D eigenvalue weighted by atomic mass is 32.2. The van der Waals surface area contributed by atoms with Crippen LogP contribution < -0.4 is 20.9 Å². The van der Waals surface area contributed by atoms with Crippen LogP contribution >= 0.6 is 0 Å². The average Bonchev–Trinajstić information content (AvgIpc) is 3.61. The maximum atomic E-state index is 14.0. The number of sulfonamides is 1. The van der Waals surface area contributed by atoms with Gasteiger partial charge in [-0.1, -0.05) is 12.8 Å². The average molecular weight is 757 g/mol. The van der Waals surface area contributed by atoms with Crippen molar-refractivity contribution in [2.45, 2.75) is 42.5 Å². The monoisotopic (exact) mass is 756 g/mol. The predicted molar refractivity (Wildman–Crippen MR) is 179 cm³/mol. The van der Waals surface area contributed by atoms with E-state index in [0.717, 1.165) is 4.31 Å². The Morgan fingerprint density at radius 1 is 0.750 bits per heavy atom. The van der Waals surface area contributed by atoms with Gasteiger partial charge in [-0.2, -0.15) is 4.31 Å². The summed E-state index contributed by atoms with van der Waals surface area (Å²) in [6, 6.07) is 10.8. The number of nitrogens with one attached hydrogen (secondary N) is 3. The number of benzene rings is 2. The zero-order chi connectivity index (χ0) is 37.8. The Hall–Kier alpha value is -4.24. The molecular weight excluding hydrogens is 711 g/mol. The Labute approximate surface area is 300 Å². The Morgan fingerprint density at radius 2 is 1.27 bits per heavy atom. The molecule has 17 nitrogen and oxygen atoms in total. The van der Waals surface area contributed by atoms with Gasteiger partial charge in [0, 0.05) is 26.1 Å². The maximum Gasteiger partial charge on any atom is 0.329 e. The molecule has 2 aromatic carbocycles. The van der Waals surface area contributed by atoms with E-state index in [0.29, 0.717) is 24.3 Å². The SMILES string of the molecule is O=C(O)COCC(=O)NCCOCCOCCOCCNC(=O)CCN(C1(C(=O)NO)CCCC1)S(=O)(=O)c1ccc(Oc2ccc(F)cc2)cc1. The molecule has 3 rings (SSSR count). The summed E-state index contributed by atoms with van der Waals surface area (Å²) in [5, 5.41) is 23.2. The summed E-state index contributed by atoms with van der Waals surface area (Å²) in [5.74, 6) is -2.76. The minimum atomic E-state index is -4.35. The minimum absolute atomic E-state index is 0.138. The number of carboxylic acids is 1. The molecule has 19 heteroatoms. The molecule has 0 aromatic heterocycles. The number of hydrogen-bond donors (Lipinski definition) is 5. The largest absolute Gasteiger partial charge is 0.480 e. The van der Waals surface area contributed by atoms with Gasteiger partial charge in [0.2, 0.25) is 21.8 Å². The standard InChI is InChI=1S/C33H45FN4O13S/c34-25-3-5-26(6-4-25)51-27-7-9-28(10-8-27)52(45,46)38(33(32(43)37-44)12-1-2-13-33)16-11-29(39)35-14-17-47-19-21-49-22-20-48-18-15-36-30(40)23-50-24-31(41)42/h3-10,44H,1-2,11-24H2,(H,35,39)(H,36,40)(H,37,43)(H,41,42). The van der Waals surface area contributed by atoms with Gasteiger partial charge in [-0.3, -0.25) is 19.6 Å². The van der Waals surface area contributed by atoms with Crippen molar-refractivity contribution in [3.63, 3.8) is 0 Å². The predicted octanol–water partition coefficient (Wildman–Crippen LogP) is 1.20. The number of aliphatic carboxylic acids is 1. The van der Waals surface area contributed by atoms with E-state index in [1.165, 1.54) is 48.5 Å². The van der Waals surface area contributed by atoms with E-state index in [2.05, 4.69) is 15.4 Å². The van der Waals surface area contributed by atoms with Crippen LogP contribution in [0, 0.1) is 5.82 Å². The fourth-order valence-electron chi connectivity index (χ4n) is 5.30. The third-order valence-electron chi connectivity index (χ3n) is 7.78. The summed E-state index contributed by atoms with van der Waals surface area (Å²) in [5.41, 5.74) is 0.0158. The van der Waals surface area contributed by atoms with E-state index in [9.17, 15) is 37.2 Å². The van der Waals surface area contributed by atoms with Crippen molar-refractivity contribution in [2.24, 2.45) is 0 Å². The maximum absolute atomic E-state index is 14.0. The van der Waals surface area contributed by atoms with Gasteiger partial charge in [0.1, 0.15) is 36.1 Å². The zero-order valence-electron chi connectivity index (χ0n) is 28.6. The number of carbonyl (C=O) groups is 4. The molecule has 0 bridgehead atoms. The van der Waals surface area contributed by atoms with Gasteiger partial charge in [0.25, 0.3) is 5.91 Å². The highest BCUT2D eigenvalue weighted by molar-refractivity contribution is 7.89. The summed E-state index contributed by atoms with van der Waals surface area (Å²) in [6.07, 6.45) is 1.12. The van der Waals surface area contributed by atoms with Crippen molar-refractivity contribution < 1.29 is 66.0 Å². The highest BCUT2D eigenvalue weighted by Gasteiger charge is 2.51. The second kappa shape index (κ2) is 22.0. The molecule has 0 aliphatic heterocycles. The first-order valence-corrected chi connectivity index (χ1v) is 18.0. The van der Waals surface area contributed by atoms with Crippen LogP contribution in [0.25, 0.3) is 0 Å². The fraction of sp³-hybridized carbons (Fsp3) is 0.515. The molecule has 2 aromatic rings. The van der Waals surface area contributed by atoms with E-state index in [4.69, 9.17) is 24.1 Å². The summed E-state index contributed by atoms with van der Waals surface area (Å²) >= 11 is 0. The van der Waals surface area contributed by atoms with Gasteiger partial charge in [-0.25, -0.2) is 23.1 Å². The first kappa shape index (κ1) is 42.2. The van der Waals surface area contributed by atoms with Gasteiger partial charge < -0.3 is 39.4 Å². The summed E-state index contributed by atoms with van der Waals surface area (Å²) in [6.45, 7) is 0.548. The molecule has 1 fully saturated rings. The lowest BCUT2D eigenvalue weighted by Crippen LogP contribution is -2.59. The molecule has 5 N–H and O–H groups in total. The van der Waals surface area contributed by atoms with Gasteiger partial charge in [-0.15, -0.1) is 0 Å². The number of halogens is 1. The topological polar surface area (TPSA) is 228 Å². The lowest BCUT2D eigenvalue weighted by atomic mass is 9.96. The molecule has 0 saturated heterocycles. The van der Waals surface area contributed by atoms with Crippen LogP contribution in [0.3, 0.4) is 0 Å². The lowest BCUT2D eigenvalue weighted by Gasteiger charge is -2.38. The van der Waals surface area contributed by atoms with Crippen LogP contribution in [-0.4, -0.2) is 125 Å². The van der Waals surface area contributed by atoms with Crippen molar-refractivity contribution in [1.29, 1.82) is 0 Å². The Kier molecular flexibility index (Phi) is 17.8. The van der Waals surface area contributed by atoms with Gasteiger partial charge in [0.05, 0.1) is 44.5 Å². The van der Waals surface area contributed by atoms with Gasteiger partial charge >= 0.3 is 5.97 Å². The Balaban J connectivity index is 1.40. The first-order valence-electron chi connectivity index (χ1n) is 16.5. The minimum Gasteiger partial charge on any atom is -0.480 e. The number of hydroxylamine groups is 1. The van der Waals surface area contributed by atoms with Crippen LogP contribution in [-0.2, 0) is 48.1 Å². The van der Waals surface area contributed by atoms with Gasteiger partial charge in [-0.05, 0) is 61.4 Å². The normalized spacial score (nSPS) is 13.8. The second-order valence-corrected chi connectivity index (χ2v) is 13.3. The molecule has 1 saturated carbocycles. The summed E-state index contributed by atoms with van der Waals surface area (Å²) in [4.78, 5) is 47.3. The number of carbonyl (C=O) groups excluding carboxylic acids is 3. The van der Waals surface area contributed by atoms with E-state index >= 15 is 0 Å². The fourth-order valence-corrected chi connectivity index (χ4v) is 7.10. The molecule has 0 radical (unpaired) electrons. The first-order chi connectivity index (χ1) is 25.0. The molecular formula is C33H45FN4O13S. The van der Waals surface area contributed by atoms with E-state index in [1.807, 2.05) is 0 Å². The molecule has 0 heterocycles. The number of rotatable bonds is 25. The molecule has 0 spiro atoms. The second-order valence-electron chi connectivity index (χ2n) is 11.5. The van der Waals surface area contributed by atoms with Crippen molar-refractivity contribution in [3.8, 4) is 11.5 Å². The lowest BCUT2D eigenvalue weighted by molar-refractivity contribution is -0.143. The van der Waals surface area contributed by atoms with Crippen molar-refractivity contribution >= 4 is 33.7 Å². The van der Waals surface area contributed by atoms with Crippen LogP contribution in [0.15, 0.2) is 53.4 Å². The smallest absolute Gasteiger partial charge is 0.329 e. The molecule has 52 heavy (non-hydrogen) atoms. The van der Waals surface area contributed by atoms with Crippen molar-refractivity contribution in [1.82, 2.24) is 20.4 Å². The third-order valence-corrected chi connectivity index (χ3v) is 9.76. The third kappa shape index (κ3) is 13.7. The Morgan fingerprint density at radius 3 is 1.81 bits per heavy atom. The molecule has 0 atom stereocenters. The number of amides is 3. The highest BCUT2D eigenvalue weighted by Crippen LogP contribution is 2.39. The summed E-state index contributed by atoms with van der Waals surface area (Å²) in [7, 11) is -4.35. The quantitative estimate of drug-likeness (QED) is 0.0546. The van der Waals surface area contributed by atoms with Gasteiger partial charge in [0.15, 0.2) is 0 Å². The number of hydrogen-bond acceptors (Lipinski definition) is 12. The number of ether oxygens (including phenoxy) is 5. The molecule has 0 unspecified atom stereocenters. The van der Waals surface area contributed by atoms with E-state index in [-0.39, 0.29) is 90.0 Å². The van der Waals surface area contributed by atoms with Crippen LogP contribution in [0.4, 0.5) is 4.39 Å². The van der Waals surface area contributed by atoms with Crippen molar-refractivity contribution in [2.75, 3.05) is 72.5 Å². The zero-order valence-corrected chi connectivity index (χ0v) is 29.4. The van der Waals surface area contributed by atoms with E-state index in [1.54, 1.807) is 5.48 Å². The van der Waals surface area contributed by atoms with E-state index < -0.39 is 51.7 Å². The summed E-state index contributed by atoms with van der Waals surface area (Å²) < 4.78 is 68.7. The molecule has 1 aliphatic rings. The molecule has 1 aliphatic carbocycles. The van der Waals surface area contributed by atoms with Crippen molar-refractivity contribution in [3.05, 3.63) is 54.3 Å². The molecule has 288 valence electrons. The Bertz CT molecular complexity index is 1540. The number of carboxylic acid groups (broad SMARTS) is 1. The van der Waals surface area contributed by atoms with Crippen LogP contribution in [0.2, 0.25) is 0 Å². The van der Waals surface area contributed by atoms with Crippen LogP contribution in [0.1, 0.15) is 32.1 Å². The number of nitrogens with zero attached hydrogens (tertiary/aromatic N) is 1. The molecule has 3 amide bonds.